The Morgan fingerprint density at radius 2 is 1.89 bits per heavy atom. The third kappa shape index (κ3) is 4.02. The van der Waals surface area contributed by atoms with Crippen molar-refractivity contribution in [3.63, 3.8) is 0 Å². The van der Waals surface area contributed by atoms with Crippen LogP contribution in [0.15, 0.2) is 41.3 Å². The number of carbonyl (C=O) groups is 1. The largest absolute Gasteiger partial charge is 0.506 e. The molecular weight excluding hydrogens is 392 g/mol. The summed E-state index contributed by atoms with van der Waals surface area (Å²) in [5.74, 6) is -0.552. The van der Waals surface area contributed by atoms with E-state index in [0.717, 1.165) is 12.8 Å². The molecule has 2 N–H and O–H groups in total. The Labute approximate surface area is 162 Å². The lowest BCUT2D eigenvalue weighted by atomic mass is 10.2. The average molecular weight is 411 g/mol. The third-order valence-electron chi connectivity index (χ3n) is 4.32. The molecule has 0 spiro atoms. The van der Waals surface area contributed by atoms with Gasteiger partial charge in [0.05, 0.1) is 12.8 Å². The first-order valence-corrected chi connectivity index (χ1v) is 10.1. The molecule has 3 rings (SSSR count). The predicted molar refractivity (Wildman–Crippen MR) is 102 cm³/mol. The van der Waals surface area contributed by atoms with Crippen LogP contribution in [0, 0.1) is 0 Å². The molecule has 1 aliphatic rings. The van der Waals surface area contributed by atoms with Gasteiger partial charge >= 0.3 is 0 Å². The quantitative estimate of drug-likeness (QED) is 0.738. The summed E-state index contributed by atoms with van der Waals surface area (Å²) in [4.78, 5) is 12.5. The minimum absolute atomic E-state index is 0.0603. The number of aromatic hydroxyl groups is 1. The molecule has 0 unspecified atom stereocenters. The van der Waals surface area contributed by atoms with E-state index in [-0.39, 0.29) is 27.6 Å². The number of nitrogens with one attached hydrogen (secondary N) is 1. The minimum Gasteiger partial charge on any atom is -0.506 e. The highest BCUT2D eigenvalue weighted by molar-refractivity contribution is 7.89. The summed E-state index contributed by atoms with van der Waals surface area (Å²) >= 11 is 5.88. The van der Waals surface area contributed by atoms with Crippen LogP contribution in [-0.4, -0.2) is 43.9 Å². The van der Waals surface area contributed by atoms with Crippen molar-refractivity contribution >= 4 is 33.2 Å². The number of anilines is 1. The highest BCUT2D eigenvalue weighted by Crippen LogP contribution is 2.31. The third-order valence-corrected chi connectivity index (χ3v) is 6.47. The van der Waals surface area contributed by atoms with E-state index in [1.807, 2.05) is 0 Å². The number of nitrogens with zero attached hydrogens (tertiary/aromatic N) is 1. The Morgan fingerprint density at radius 1 is 1.19 bits per heavy atom. The van der Waals surface area contributed by atoms with Gasteiger partial charge in [0.2, 0.25) is 10.0 Å². The lowest BCUT2D eigenvalue weighted by Gasteiger charge is -2.18. The van der Waals surface area contributed by atoms with Gasteiger partial charge in [-0.25, -0.2) is 8.42 Å². The molecule has 0 atom stereocenters. The standard InChI is InChI=1S/C18H19ClN2O5S/c1-26-16-7-4-12(10-17(16)27(24,25)21-8-2-3-9-21)18(23)20-14-11-13(19)5-6-15(14)22/h4-7,10-11,22H,2-3,8-9H2,1H3,(H,20,23). The first-order chi connectivity index (χ1) is 12.8. The number of phenols is 1. The molecule has 2 aromatic carbocycles. The van der Waals surface area contributed by atoms with Gasteiger partial charge in [0.1, 0.15) is 16.4 Å². The Balaban J connectivity index is 1.95. The van der Waals surface area contributed by atoms with E-state index in [0.29, 0.717) is 18.1 Å². The van der Waals surface area contributed by atoms with Crippen LogP contribution < -0.4 is 10.1 Å². The fourth-order valence-corrected chi connectivity index (χ4v) is 4.76. The number of hydrogen-bond donors (Lipinski definition) is 2. The van der Waals surface area contributed by atoms with Crippen molar-refractivity contribution in [2.24, 2.45) is 0 Å². The van der Waals surface area contributed by atoms with E-state index >= 15 is 0 Å². The zero-order valence-electron chi connectivity index (χ0n) is 14.6. The number of carbonyl (C=O) groups excluding carboxylic acids is 1. The van der Waals surface area contributed by atoms with Gasteiger partial charge in [0, 0.05) is 23.7 Å². The van der Waals surface area contributed by atoms with E-state index in [1.54, 1.807) is 0 Å². The van der Waals surface area contributed by atoms with Gasteiger partial charge in [-0.05, 0) is 49.2 Å². The molecule has 0 radical (unpaired) electrons. The number of rotatable bonds is 5. The average Bonchev–Trinajstić information content (AvgIpc) is 3.19. The van der Waals surface area contributed by atoms with Gasteiger partial charge in [0.15, 0.2) is 0 Å². The van der Waals surface area contributed by atoms with Gasteiger partial charge in [-0.3, -0.25) is 4.79 Å². The Bertz CT molecular complexity index is 972. The second kappa shape index (κ2) is 7.75. The fourth-order valence-electron chi connectivity index (χ4n) is 2.89. The van der Waals surface area contributed by atoms with Crippen LogP contribution >= 0.6 is 11.6 Å². The summed E-state index contributed by atoms with van der Waals surface area (Å²) in [6, 6.07) is 8.42. The fraction of sp³-hybridized carbons (Fsp3) is 0.278. The van der Waals surface area contributed by atoms with Crippen LogP contribution in [0.4, 0.5) is 5.69 Å². The molecule has 0 aromatic heterocycles. The number of amides is 1. The van der Waals surface area contributed by atoms with Crippen molar-refractivity contribution in [2.45, 2.75) is 17.7 Å². The first-order valence-electron chi connectivity index (χ1n) is 8.31. The van der Waals surface area contributed by atoms with Crippen LogP contribution in [0.1, 0.15) is 23.2 Å². The summed E-state index contributed by atoms with van der Waals surface area (Å²) < 4.78 is 32.4. The van der Waals surface area contributed by atoms with Gasteiger partial charge in [0.25, 0.3) is 5.91 Å². The van der Waals surface area contributed by atoms with Crippen molar-refractivity contribution in [1.29, 1.82) is 0 Å². The van der Waals surface area contributed by atoms with Crippen LogP contribution in [-0.2, 0) is 10.0 Å². The molecule has 0 aliphatic carbocycles. The maximum absolute atomic E-state index is 12.9. The number of benzene rings is 2. The molecule has 0 saturated carbocycles. The number of sulfonamides is 1. The first kappa shape index (κ1) is 19.5. The molecule has 1 amide bonds. The van der Waals surface area contributed by atoms with E-state index < -0.39 is 15.9 Å². The molecule has 9 heteroatoms. The van der Waals surface area contributed by atoms with E-state index in [1.165, 1.54) is 47.8 Å². The van der Waals surface area contributed by atoms with Gasteiger partial charge in [-0.15, -0.1) is 0 Å². The van der Waals surface area contributed by atoms with Crippen molar-refractivity contribution in [3.05, 3.63) is 47.0 Å². The number of methoxy groups -OCH3 is 1. The molecule has 27 heavy (non-hydrogen) atoms. The molecule has 0 bridgehead atoms. The summed E-state index contributed by atoms with van der Waals surface area (Å²) in [7, 11) is -2.39. The number of ether oxygens (including phenoxy) is 1. The van der Waals surface area contributed by atoms with Crippen LogP contribution in [0.2, 0.25) is 5.02 Å². The number of phenolic OH excluding ortho intramolecular Hbond substituents is 1. The van der Waals surface area contributed by atoms with Gasteiger partial charge in [-0.1, -0.05) is 11.6 Å². The highest BCUT2D eigenvalue weighted by Gasteiger charge is 2.30. The Kier molecular flexibility index (Phi) is 5.59. The SMILES string of the molecule is COc1ccc(C(=O)Nc2cc(Cl)ccc2O)cc1S(=O)(=O)N1CCCC1. The molecule has 1 saturated heterocycles. The molecule has 1 heterocycles. The number of hydrogen-bond acceptors (Lipinski definition) is 5. The highest BCUT2D eigenvalue weighted by atomic mass is 35.5. The maximum atomic E-state index is 12.9. The molecule has 2 aromatic rings. The van der Waals surface area contributed by atoms with Crippen molar-refractivity contribution in [1.82, 2.24) is 4.31 Å². The number of halogens is 1. The van der Waals surface area contributed by atoms with Gasteiger partial charge < -0.3 is 15.2 Å². The topological polar surface area (TPSA) is 95.9 Å². The van der Waals surface area contributed by atoms with Crippen molar-refractivity contribution < 1.29 is 23.1 Å². The normalized spacial score (nSPS) is 14.9. The second-order valence-corrected chi connectivity index (χ2v) is 8.44. The lowest BCUT2D eigenvalue weighted by Crippen LogP contribution is -2.28. The van der Waals surface area contributed by atoms with E-state index in [9.17, 15) is 18.3 Å². The van der Waals surface area contributed by atoms with Gasteiger partial charge in [-0.2, -0.15) is 4.31 Å². The second-order valence-electron chi connectivity index (χ2n) is 6.09. The summed E-state index contributed by atoms with van der Waals surface area (Å²) in [6.45, 7) is 0.886. The summed E-state index contributed by atoms with van der Waals surface area (Å²) in [5.41, 5.74) is 0.250. The minimum atomic E-state index is -3.77. The van der Waals surface area contributed by atoms with Crippen molar-refractivity contribution in [3.8, 4) is 11.5 Å². The summed E-state index contributed by atoms with van der Waals surface area (Å²) in [6.07, 6.45) is 1.60. The van der Waals surface area contributed by atoms with Crippen LogP contribution in [0.5, 0.6) is 11.5 Å². The monoisotopic (exact) mass is 410 g/mol. The Morgan fingerprint density at radius 3 is 2.56 bits per heavy atom. The molecule has 144 valence electrons. The zero-order valence-corrected chi connectivity index (χ0v) is 16.2. The lowest BCUT2D eigenvalue weighted by molar-refractivity contribution is 0.102. The molecular formula is C18H19ClN2O5S. The summed E-state index contributed by atoms with van der Waals surface area (Å²) in [5, 5.41) is 12.7. The van der Waals surface area contributed by atoms with E-state index in [2.05, 4.69) is 5.32 Å². The van der Waals surface area contributed by atoms with E-state index in [4.69, 9.17) is 16.3 Å². The predicted octanol–water partition coefficient (Wildman–Crippen LogP) is 3.09. The molecule has 1 aliphatic heterocycles. The maximum Gasteiger partial charge on any atom is 0.255 e. The Hall–Kier alpha value is -2.29. The molecule has 1 fully saturated rings. The van der Waals surface area contributed by atoms with Crippen LogP contribution in [0.25, 0.3) is 0 Å². The smallest absolute Gasteiger partial charge is 0.255 e. The van der Waals surface area contributed by atoms with Crippen molar-refractivity contribution in [2.75, 3.05) is 25.5 Å². The molecule has 7 nitrogen and oxygen atoms in total. The zero-order chi connectivity index (χ0) is 19.6. The van der Waals surface area contributed by atoms with Crippen LogP contribution in [0.3, 0.4) is 0 Å².